The lowest BCUT2D eigenvalue weighted by Crippen LogP contribution is -2.43. The third kappa shape index (κ3) is 2.59. The molecular weight excluding hydrogens is 250 g/mol. The summed E-state index contributed by atoms with van der Waals surface area (Å²) in [6, 6.07) is 9.31. The fourth-order valence-corrected chi connectivity index (χ4v) is 3.94. The van der Waals surface area contributed by atoms with Crippen LogP contribution in [0.2, 0.25) is 0 Å². The molecule has 2 aliphatic rings. The van der Waals surface area contributed by atoms with E-state index >= 15 is 0 Å². The van der Waals surface area contributed by atoms with Crippen LogP contribution in [0.15, 0.2) is 30.3 Å². The van der Waals surface area contributed by atoms with Gasteiger partial charge < -0.3 is 10.5 Å². The maximum absolute atomic E-state index is 12.2. The van der Waals surface area contributed by atoms with Crippen LogP contribution in [0.1, 0.15) is 38.2 Å². The molecule has 0 aliphatic heterocycles. The Kier molecular flexibility index (Phi) is 3.55. The molecule has 0 saturated heterocycles. The lowest BCUT2D eigenvalue weighted by Gasteiger charge is -2.34. The first-order valence-electron chi connectivity index (χ1n) is 7.59. The first kappa shape index (κ1) is 13.6. The molecule has 0 heterocycles. The number of carbonyl (C=O) groups is 1. The molecule has 0 radical (unpaired) electrons. The highest BCUT2D eigenvalue weighted by Crippen LogP contribution is 2.52. The van der Waals surface area contributed by atoms with Gasteiger partial charge in [-0.15, -0.1) is 0 Å². The van der Waals surface area contributed by atoms with Crippen molar-refractivity contribution in [2.24, 2.45) is 17.6 Å². The van der Waals surface area contributed by atoms with Crippen LogP contribution in [0, 0.1) is 11.8 Å². The van der Waals surface area contributed by atoms with Crippen molar-refractivity contribution >= 4 is 5.97 Å². The Morgan fingerprint density at radius 3 is 2.75 bits per heavy atom. The molecule has 1 aromatic rings. The van der Waals surface area contributed by atoms with Gasteiger partial charge in [0.1, 0.15) is 11.6 Å². The Bertz CT molecular complexity index is 487. The summed E-state index contributed by atoms with van der Waals surface area (Å²) < 4.78 is 5.80. The van der Waals surface area contributed by atoms with Crippen molar-refractivity contribution in [3.8, 4) is 0 Å². The van der Waals surface area contributed by atoms with E-state index in [0.29, 0.717) is 12.3 Å². The van der Waals surface area contributed by atoms with Crippen LogP contribution in [0.25, 0.3) is 0 Å². The summed E-state index contributed by atoms with van der Waals surface area (Å²) in [5.41, 5.74) is 6.82. The molecule has 2 fully saturated rings. The third-order valence-corrected chi connectivity index (χ3v) is 5.03. The minimum Gasteiger partial charge on any atom is -0.458 e. The average Bonchev–Trinajstić information content (AvgIpc) is 2.99. The zero-order valence-corrected chi connectivity index (χ0v) is 12.0. The fraction of sp³-hybridized carbons (Fsp3) is 0.588. The van der Waals surface area contributed by atoms with Crippen molar-refractivity contribution in [3.63, 3.8) is 0 Å². The molecule has 2 bridgehead atoms. The number of nitrogens with two attached hydrogens (primary N) is 1. The van der Waals surface area contributed by atoms with Gasteiger partial charge in [-0.1, -0.05) is 30.3 Å². The standard InChI is InChI=1S/C17H23NO2/c1-17(11-13-7-8-14(17)9-13)20-16(19)15(18)10-12-5-3-2-4-6-12/h2-6,13-15H,7-11,18H2,1H3/t13-,14+,15?,17-/m0/s1. The van der Waals surface area contributed by atoms with Crippen LogP contribution < -0.4 is 5.73 Å². The van der Waals surface area contributed by atoms with Crippen molar-refractivity contribution in [3.05, 3.63) is 35.9 Å². The molecule has 0 aromatic heterocycles. The Balaban J connectivity index is 1.59. The van der Waals surface area contributed by atoms with Gasteiger partial charge >= 0.3 is 5.97 Å². The predicted octanol–water partition coefficient (Wildman–Crippen LogP) is 2.68. The van der Waals surface area contributed by atoms with Gasteiger partial charge in [0.15, 0.2) is 0 Å². The zero-order chi connectivity index (χ0) is 14.2. The molecule has 4 atom stereocenters. The Hall–Kier alpha value is -1.35. The van der Waals surface area contributed by atoms with Crippen molar-refractivity contribution in [1.82, 2.24) is 0 Å². The Labute approximate surface area is 120 Å². The van der Waals surface area contributed by atoms with E-state index in [9.17, 15) is 4.79 Å². The summed E-state index contributed by atoms with van der Waals surface area (Å²) >= 11 is 0. The van der Waals surface area contributed by atoms with E-state index in [1.807, 2.05) is 30.3 Å². The van der Waals surface area contributed by atoms with Crippen LogP contribution in [0.4, 0.5) is 0 Å². The molecule has 20 heavy (non-hydrogen) atoms. The van der Waals surface area contributed by atoms with Gasteiger partial charge in [0.05, 0.1) is 0 Å². The van der Waals surface area contributed by atoms with Gasteiger partial charge in [-0.05, 0) is 56.4 Å². The molecular formula is C17H23NO2. The van der Waals surface area contributed by atoms with Crippen LogP contribution in [0.5, 0.6) is 0 Å². The monoisotopic (exact) mass is 273 g/mol. The number of carbonyl (C=O) groups excluding carboxylic acids is 1. The molecule has 1 unspecified atom stereocenters. The summed E-state index contributed by atoms with van der Waals surface area (Å²) in [6.45, 7) is 2.09. The highest BCUT2D eigenvalue weighted by Gasteiger charge is 2.50. The number of ether oxygens (including phenoxy) is 1. The van der Waals surface area contributed by atoms with Crippen molar-refractivity contribution < 1.29 is 9.53 Å². The first-order chi connectivity index (χ1) is 9.57. The summed E-state index contributed by atoms with van der Waals surface area (Å²) in [5, 5.41) is 0. The molecule has 108 valence electrons. The lowest BCUT2D eigenvalue weighted by atomic mass is 9.85. The molecule has 0 spiro atoms. The van der Waals surface area contributed by atoms with Gasteiger partial charge in [0, 0.05) is 0 Å². The molecule has 2 aliphatic carbocycles. The van der Waals surface area contributed by atoms with Crippen LogP contribution >= 0.6 is 0 Å². The van der Waals surface area contributed by atoms with Gasteiger partial charge in [0.25, 0.3) is 0 Å². The number of fused-ring (bicyclic) bond motifs is 2. The number of benzene rings is 1. The van der Waals surface area contributed by atoms with Gasteiger partial charge in [-0.25, -0.2) is 0 Å². The smallest absolute Gasteiger partial charge is 0.323 e. The molecule has 2 N–H and O–H groups in total. The summed E-state index contributed by atoms with van der Waals surface area (Å²) in [4.78, 5) is 12.2. The number of rotatable bonds is 4. The van der Waals surface area contributed by atoms with Crippen LogP contribution in [-0.4, -0.2) is 17.6 Å². The summed E-state index contributed by atoms with van der Waals surface area (Å²) in [7, 11) is 0. The largest absolute Gasteiger partial charge is 0.458 e. The molecule has 2 saturated carbocycles. The third-order valence-electron chi connectivity index (χ3n) is 5.03. The first-order valence-corrected chi connectivity index (χ1v) is 7.59. The highest BCUT2D eigenvalue weighted by molar-refractivity contribution is 5.76. The second-order valence-electron chi connectivity index (χ2n) is 6.61. The molecule has 3 rings (SSSR count). The average molecular weight is 273 g/mol. The van der Waals surface area contributed by atoms with Gasteiger partial charge in [-0.2, -0.15) is 0 Å². The number of esters is 1. The lowest BCUT2D eigenvalue weighted by molar-refractivity contribution is -0.165. The zero-order valence-electron chi connectivity index (χ0n) is 12.0. The van der Waals surface area contributed by atoms with Crippen molar-refractivity contribution in [2.45, 2.75) is 50.7 Å². The Morgan fingerprint density at radius 1 is 1.40 bits per heavy atom. The minimum absolute atomic E-state index is 0.246. The predicted molar refractivity (Wildman–Crippen MR) is 78.1 cm³/mol. The van der Waals surface area contributed by atoms with E-state index in [1.165, 1.54) is 19.3 Å². The molecule has 1 aromatic carbocycles. The van der Waals surface area contributed by atoms with Gasteiger partial charge in [0.2, 0.25) is 0 Å². The number of hydrogen-bond acceptors (Lipinski definition) is 3. The second kappa shape index (κ2) is 5.21. The van der Waals surface area contributed by atoms with E-state index in [0.717, 1.165) is 17.9 Å². The normalized spacial score (nSPS) is 33.1. The van der Waals surface area contributed by atoms with E-state index < -0.39 is 6.04 Å². The second-order valence-corrected chi connectivity index (χ2v) is 6.61. The van der Waals surface area contributed by atoms with E-state index in [2.05, 4.69) is 6.92 Å². The van der Waals surface area contributed by atoms with Crippen molar-refractivity contribution in [1.29, 1.82) is 0 Å². The highest BCUT2D eigenvalue weighted by atomic mass is 16.6. The Morgan fingerprint density at radius 2 is 2.15 bits per heavy atom. The summed E-state index contributed by atoms with van der Waals surface area (Å²) in [6.07, 6.45) is 5.28. The van der Waals surface area contributed by atoms with Crippen molar-refractivity contribution in [2.75, 3.05) is 0 Å². The van der Waals surface area contributed by atoms with Gasteiger partial charge in [-0.3, -0.25) is 4.79 Å². The topological polar surface area (TPSA) is 52.3 Å². The molecule has 3 heteroatoms. The SMILES string of the molecule is C[C@]1(OC(=O)C(N)Cc2ccccc2)C[C@H]2CC[C@@H]1C2. The molecule has 0 amide bonds. The maximum atomic E-state index is 12.2. The van der Waals surface area contributed by atoms with E-state index in [-0.39, 0.29) is 11.6 Å². The molecule has 3 nitrogen and oxygen atoms in total. The van der Waals surface area contributed by atoms with Crippen LogP contribution in [-0.2, 0) is 16.0 Å². The quantitative estimate of drug-likeness (QED) is 0.858. The summed E-state index contributed by atoms with van der Waals surface area (Å²) in [5.74, 6) is 1.05. The number of hydrogen-bond donors (Lipinski definition) is 1. The maximum Gasteiger partial charge on any atom is 0.323 e. The fourth-order valence-electron chi connectivity index (χ4n) is 3.94. The van der Waals surface area contributed by atoms with E-state index in [4.69, 9.17) is 10.5 Å². The van der Waals surface area contributed by atoms with E-state index in [1.54, 1.807) is 0 Å². The van der Waals surface area contributed by atoms with Crippen LogP contribution in [0.3, 0.4) is 0 Å². The minimum atomic E-state index is -0.562.